The number of fused-ring (bicyclic) bond motifs is 1. The van der Waals surface area contributed by atoms with E-state index < -0.39 is 17.8 Å². The Hall–Kier alpha value is -3.46. The highest BCUT2D eigenvalue weighted by Gasteiger charge is 2.35. The largest absolute Gasteiger partial charge is 0.487 e. The van der Waals surface area contributed by atoms with Crippen molar-refractivity contribution in [1.29, 1.82) is 0 Å². The number of aromatic amines is 1. The zero-order chi connectivity index (χ0) is 23.8. The molecule has 0 amide bonds. The summed E-state index contributed by atoms with van der Waals surface area (Å²) >= 11 is 6.18. The monoisotopic (exact) mass is 477 g/mol. The summed E-state index contributed by atoms with van der Waals surface area (Å²) in [6.07, 6.45) is -4.63. The van der Waals surface area contributed by atoms with Crippen LogP contribution in [0.2, 0.25) is 5.02 Å². The maximum atomic E-state index is 13.3. The number of nitrogens with one attached hydrogen (secondary N) is 1. The molecule has 0 radical (unpaired) electrons. The quantitative estimate of drug-likeness (QED) is 0.341. The molecule has 0 unspecified atom stereocenters. The van der Waals surface area contributed by atoms with Crippen LogP contribution in [0.25, 0.3) is 16.6 Å². The fourth-order valence-electron chi connectivity index (χ4n) is 3.51. The Kier molecular flexibility index (Phi) is 6.07. The molecule has 2 aromatic heterocycles. The summed E-state index contributed by atoms with van der Waals surface area (Å²) in [7, 11) is 0. The molecule has 10 heteroatoms. The molecule has 4 aromatic rings. The number of nitrogens with zero attached hydrogens (tertiary/aromatic N) is 2. The summed E-state index contributed by atoms with van der Waals surface area (Å²) in [6.45, 7) is 3.49. The zero-order valence-corrected chi connectivity index (χ0v) is 18.4. The molecule has 0 saturated heterocycles. The van der Waals surface area contributed by atoms with Crippen LogP contribution in [0, 0.1) is 6.92 Å². The van der Waals surface area contributed by atoms with Crippen LogP contribution in [0.1, 0.15) is 34.4 Å². The maximum Gasteiger partial charge on any atom is 0.435 e. The van der Waals surface area contributed by atoms with Crippen molar-refractivity contribution in [2.75, 3.05) is 6.61 Å². The predicted octanol–water partition coefficient (Wildman–Crippen LogP) is 6.09. The van der Waals surface area contributed by atoms with E-state index in [0.717, 1.165) is 10.7 Å². The zero-order valence-electron chi connectivity index (χ0n) is 17.7. The number of carbonyl (C=O) groups is 1. The fourth-order valence-corrected chi connectivity index (χ4v) is 3.73. The second-order valence-corrected chi connectivity index (χ2v) is 7.63. The Bertz CT molecular complexity index is 1330. The van der Waals surface area contributed by atoms with E-state index in [1.807, 2.05) is 0 Å². The van der Waals surface area contributed by atoms with Gasteiger partial charge in [-0.25, -0.2) is 9.48 Å². The summed E-state index contributed by atoms with van der Waals surface area (Å²) in [5.74, 6) is -0.0995. The molecule has 0 spiro atoms. The van der Waals surface area contributed by atoms with Gasteiger partial charge in [-0.3, -0.25) is 0 Å². The van der Waals surface area contributed by atoms with Crippen molar-refractivity contribution in [1.82, 2.24) is 14.8 Å². The molecule has 4 rings (SSSR count). The molecule has 1 N–H and O–H groups in total. The topological polar surface area (TPSA) is 69.1 Å². The highest BCUT2D eigenvalue weighted by molar-refractivity contribution is 6.32. The summed E-state index contributed by atoms with van der Waals surface area (Å²) < 4.78 is 52.0. The first-order chi connectivity index (χ1) is 15.7. The smallest absolute Gasteiger partial charge is 0.435 e. The lowest BCUT2D eigenvalue weighted by Gasteiger charge is -2.11. The minimum absolute atomic E-state index is 0.159. The molecule has 0 aliphatic heterocycles. The van der Waals surface area contributed by atoms with E-state index >= 15 is 0 Å². The van der Waals surface area contributed by atoms with Crippen molar-refractivity contribution >= 4 is 28.5 Å². The molecule has 0 saturated carbocycles. The van der Waals surface area contributed by atoms with Gasteiger partial charge in [0.05, 0.1) is 28.6 Å². The summed E-state index contributed by atoms with van der Waals surface area (Å²) in [6, 6.07) is 12.4. The van der Waals surface area contributed by atoms with Crippen LogP contribution in [-0.2, 0) is 17.5 Å². The first kappa shape index (κ1) is 22.7. The average Bonchev–Trinajstić information content (AvgIpc) is 3.33. The number of alkyl halides is 3. The number of para-hydroxylation sites is 1. The van der Waals surface area contributed by atoms with Gasteiger partial charge in [0, 0.05) is 16.6 Å². The molecule has 0 atom stereocenters. The summed E-state index contributed by atoms with van der Waals surface area (Å²) in [5, 5.41) is 4.54. The lowest BCUT2D eigenvalue weighted by atomic mass is 10.1. The molecule has 6 nitrogen and oxygen atoms in total. The molecule has 2 aromatic carbocycles. The number of ether oxygens (including phenoxy) is 2. The highest BCUT2D eigenvalue weighted by Crippen LogP contribution is 2.32. The van der Waals surface area contributed by atoms with Gasteiger partial charge < -0.3 is 14.5 Å². The first-order valence-corrected chi connectivity index (χ1v) is 10.4. The molecule has 0 aliphatic carbocycles. The van der Waals surface area contributed by atoms with Gasteiger partial charge in [-0.1, -0.05) is 23.7 Å². The van der Waals surface area contributed by atoms with Gasteiger partial charge in [-0.15, -0.1) is 0 Å². The van der Waals surface area contributed by atoms with Crippen LogP contribution in [-0.4, -0.2) is 27.3 Å². The van der Waals surface area contributed by atoms with Gasteiger partial charge in [-0.2, -0.15) is 18.3 Å². The Labute approximate surface area is 191 Å². The fraction of sp³-hybridized carbons (Fsp3) is 0.217. The van der Waals surface area contributed by atoms with E-state index in [0.29, 0.717) is 33.6 Å². The molecular formula is C23H19ClF3N3O3. The Balaban J connectivity index is 1.68. The highest BCUT2D eigenvalue weighted by atomic mass is 35.5. The van der Waals surface area contributed by atoms with E-state index in [4.69, 9.17) is 21.1 Å². The van der Waals surface area contributed by atoms with E-state index in [-0.39, 0.29) is 23.9 Å². The lowest BCUT2D eigenvalue weighted by molar-refractivity contribution is -0.141. The third kappa shape index (κ3) is 4.54. The molecule has 172 valence electrons. The molecular weight excluding hydrogens is 459 g/mol. The third-order valence-corrected chi connectivity index (χ3v) is 5.30. The van der Waals surface area contributed by atoms with Crippen molar-refractivity contribution in [3.8, 4) is 11.4 Å². The summed E-state index contributed by atoms with van der Waals surface area (Å²) in [5.41, 5.74) is 1.15. The number of hydrogen-bond donors (Lipinski definition) is 1. The predicted molar refractivity (Wildman–Crippen MR) is 117 cm³/mol. The van der Waals surface area contributed by atoms with Gasteiger partial charge in [0.1, 0.15) is 12.4 Å². The number of esters is 1. The number of benzene rings is 2. The van der Waals surface area contributed by atoms with Crippen LogP contribution >= 0.6 is 11.6 Å². The first-order valence-electron chi connectivity index (χ1n) is 10.0. The molecule has 33 heavy (non-hydrogen) atoms. The second kappa shape index (κ2) is 8.82. The van der Waals surface area contributed by atoms with Gasteiger partial charge in [0.25, 0.3) is 0 Å². The van der Waals surface area contributed by atoms with Crippen LogP contribution in [0.4, 0.5) is 13.2 Å². The normalized spacial score (nSPS) is 11.7. The van der Waals surface area contributed by atoms with Gasteiger partial charge in [0.2, 0.25) is 0 Å². The van der Waals surface area contributed by atoms with Crippen molar-refractivity contribution in [3.63, 3.8) is 0 Å². The van der Waals surface area contributed by atoms with E-state index in [9.17, 15) is 18.0 Å². The minimum atomic E-state index is -4.63. The standard InChI is InChI=1S/C23H19ClF3N3O3/c1-3-32-22(31)21-13(2)28-18-9-8-15(11-16(18)21)33-12-14-10-20(23(25,26)27)29-30(14)19-7-5-4-6-17(19)24/h4-11,28H,3,12H2,1-2H3. The van der Waals surface area contributed by atoms with Crippen LogP contribution in [0.5, 0.6) is 5.75 Å². The third-order valence-electron chi connectivity index (χ3n) is 4.98. The number of aromatic nitrogens is 3. The van der Waals surface area contributed by atoms with Crippen molar-refractivity contribution in [3.05, 3.63) is 76.2 Å². The van der Waals surface area contributed by atoms with Crippen molar-refractivity contribution < 1.29 is 27.4 Å². The van der Waals surface area contributed by atoms with Gasteiger partial charge >= 0.3 is 12.1 Å². The Morgan fingerprint density at radius 2 is 1.94 bits per heavy atom. The van der Waals surface area contributed by atoms with E-state index in [1.54, 1.807) is 56.3 Å². The van der Waals surface area contributed by atoms with E-state index in [2.05, 4.69) is 10.1 Å². The minimum Gasteiger partial charge on any atom is -0.487 e. The second-order valence-electron chi connectivity index (χ2n) is 7.22. The van der Waals surface area contributed by atoms with Crippen molar-refractivity contribution in [2.45, 2.75) is 26.6 Å². The molecule has 0 bridgehead atoms. The number of H-pyrrole nitrogens is 1. The molecule has 2 heterocycles. The van der Waals surface area contributed by atoms with Crippen LogP contribution in [0.3, 0.4) is 0 Å². The van der Waals surface area contributed by atoms with Gasteiger partial charge in [0.15, 0.2) is 5.69 Å². The maximum absolute atomic E-state index is 13.3. The Morgan fingerprint density at radius 3 is 2.64 bits per heavy atom. The van der Waals surface area contributed by atoms with Crippen LogP contribution in [0.15, 0.2) is 48.5 Å². The van der Waals surface area contributed by atoms with Gasteiger partial charge in [-0.05, 0) is 50.2 Å². The number of rotatable bonds is 6. The molecule has 0 aliphatic rings. The summed E-state index contributed by atoms with van der Waals surface area (Å²) in [4.78, 5) is 15.5. The Morgan fingerprint density at radius 1 is 1.18 bits per heavy atom. The van der Waals surface area contributed by atoms with Crippen LogP contribution < -0.4 is 4.74 Å². The SMILES string of the molecule is CCOC(=O)c1c(C)[nH]c2ccc(OCc3cc(C(F)(F)F)nn3-c3ccccc3Cl)cc12. The molecule has 0 fully saturated rings. The van der Waals surface area contributed by atoms with E-state index in [1.165, 1.54) is 0 Å². The number of hydrogen-bond acceptors (Lipinski definition) is 4. The number of halogens is 4. The number of aryl methyl sites for hydroxylation is 1. The lowest BCUT2D eigenvalue weighted by Crippen LogP contribution is -2.08. The van der Waals surface area contributed by atoms with Crippen molar-refractivity contribution in [2.24, 2.45) is 0 Å². The number of carbonyl (C=O) groups excluding carboxylic acids is 1. The average molecular weight is 478 g/mol.